The molecule has 0 aromatic carbocycles. The number of hydrogen-bond acceptors (Lipinski definition) is 4. The molecule has 0 bridgehead atoms. The van der Waals surface area contributed by atoms with Crippen LogP contribution >= 0.6 is 0 Å². The SMILES string of the molecule is NCC(O)C1=CC=CC2NC=C(CO)C12. The van der Waals surface area contributed by atoms with E-state index >= 15 is 0 Å². The van der Waals surface area contributed by atoms with E-state index in [2.05, 4.69) is 5.32 Å². The highest BCUT2D eigenvalue weighted by Gasteiger charge is 2.34. The van der Waals surface area contributed by atoms with Crippen molar-refractivity contribution in [3.8, 4) is 0 Å². The molecule has 1 aliphatic heterocycles. The topological polar surface area (TPSA) is 78.5 Å². The van der Waals surface area contributed by atoms with Gasteiger partial charge in [-0.2, -0.15) is 0 Å². The molecule has 82 valence electrons. The summed E-state index contributed by atoms with van der Waals surface area (Å²) in [5, 5.41) is 22.2. The minimum absolute atomic E-state index is 0.0106. The molecule has 0 saturated carbocycles. The van der Waals surface area contributed by atoms with Crippen molar-refractivity contribution in [2.45, 2.75) is 12.1 Å². The lowest BCUT2D eigenvalue weighted by Gasteiger charge is -2.28. The average Bonchev–Trinajstić information content (AvgIpc) is 2.70. The van der Waals surface area contributed by atoms with Crippen LogP contribution in [0.15, 0.2) is 35.6 Å². The maximum Gasteiger partial charge on any atom is 0.0882 e. The molecule has 0 fully saturated rings. The molecule has 1 heterocycles. The van der Waals surface area contributed by atoms with E-state index in [1.807, 2.05) is 24.4 Å². The molecule has 0 aromatic rings. The standard InChI is InChI=1S/C11H16N2O2/c12-4-10(15)8-2-1-3-9-11(8)7(6-14)5-13-9/h1-3,5,9-11,13-15H,4,6,12H2. The second-order valence-electron chi connectivity index (χ2n) is 3.85. The summed E-state index contributed by atoms with van der Waals surface area (Å²) in [6.45, 7) is 0.220. The Morgan fingerprint density at radius 1 is 1.53 bits per heavy atom. The maximum atomic E-state index is 9.78. The Morgan fingerprint density at radius 3 is 3.00 bits per heavy atom. The number of nitrogens with two attached hydrogens (primary N) is 1. The van der Waals surface area contributed by atoms with Crippen molar-refractivity contribution in [1.29, 1.82) is 0 Å². The second-order valence-corrected chi connectivity index (χ2v) is 3.85. The first kappa shape index (κ1) is 10.4. The van der Waals surface area contributed by atoms with E-state index in [9.17, 15) is 10.2 Å². The van der Waals surface area contributed by atoms with Crippen molar-refractivity contribution in [3.63, 3.8) is 0 Å². The highest BCUT2D eigenvalue weighted by molar-refractivity contribution is 5.39. The van der Waals surface area contributed by atoms with Crippen molar-refractivity contribution >= 4 is 0 Å². The van der Waals surface area contributed by atoms with Crippen LogP contribution in [0.3, 0.4) is 0 Å². The first-order valence-electron chi connectivity index (χ1n) is 5.10. The van der Waals surface area contributed by atoms with Gasteiger partial charge in [0, 0.05) is 12.5 Å². The van der Waals surface area contributed by atoms with Gasteiger partial charge in [-0.05, 0) is 17.3 Å². The number of fused-ring (bicyclic) bond motifs is 1. The minimum Gasteiger partial charge on any atom is -0.392 e. The van der Waals surface area contributed by atoms with E-state index in [4.69, 9.17) is 5.73 Å². The minimum atomic E-state index is -0.628. The van der Waals surface area contributed by atoms with E-state index in [1.165, 1.54) is 0 Å². The van der Waals surface area contributed by atoms with Crippen LogP contribution in [0.4, 0.5) is 0 Å². The molecular weight excluding hydrogens is 192 g/mol. The first-order valence-corrected chi connectivity index (χ1v) is 5.10. The number of aliphatic hydroxyl groups is 2. The smallest absolute Gasteiger partial charge is 0.0882 e. The molecule has 1 aliphatic carbocycles. The fourth-order valence-corrected chi connectivity index (χ4v) is 2.20. The van der Waals surface area contributed by atoms with Gasteiger partial charge in [-0.25, -0.2) is 0 Å². The number of rotatable bonds is 3. The summed E-state index contributed by atoms with van der Waals surface area (Å²) in [4.78, 5) is 0. The quantitative estimate of drug-likeness (QED) is 0.493. The van der Waals surface area contributed by atoms with E-state index in [-0.39, 0.29) is 25.1 Å². The summed E-state index contributed by atoms with van der Waals surface area (Å²) in [6, 6.07) is 0.147. The Hall–Kier alpha value is -1.10. The number of nitrogens with one attached hydrogen (secondary N) is 1. The predicted octanol–water partition coefficient (Wildman–Crippen LogP) is -0.734. The van der Waals surface area contributed by atoms with E-state index in [0.717, 1.165) is 11.1 Å². The summed E-state index contributed by atoms with van der Waals surface area (Å²) in [7, 11) is 0. The third-order valence-corrected chi connectivity index (χ3v) is 2.98. The summed E-state index contributed by atoms with van der Waals surface area (Å²) in [5.41, 5.74) is 7.25. The molecule has 5 N–H and O–H groups in total. The molecule has 0 amide bonds. The van der Waals surface area contributed by atoms with Crippen molar-refractivity contribution in [2.75, 3.05) is 13.2 Å². The second kappa shape index (κ2) is 4.18. The molecule has 4 nitrogen and oxygen atoms in total. The van der Waals surface area contributed by atoms with Gasteiger partial charge < -0.3 is 21.3 Å². The number of allylic oxidation sites excluding steroid dienone is 2. The lowest BCUT2D eigenvalue weighted by molar-refractivity contribution is 0.203. The molecule has 4 heteroatoms. The summed E-state index contributed by atoms with van der Waals surface area (Å²) >= 11 is 0. The van der Waals surface area contributed by atoms with Crippen molar-refractivity contribution < 1.29 is 10.2 Å². The Kier molecular flexibility index (Phi) is 2.90. The normalized spacial score (nSPS) is 30.3. The van der Waals surface area contributed by atoms with Crippen LogP contribution < -0.4 is 11.1 Å². The zero-order chi connectivity index (χ0) is 10.8. The van der Waals surface area contributed by atoms with Gasteiger partial charge in [0.15, 0.2) is 0 Å². The zero-order valence-electron chi connectivity index (χ0n) is 8.43. The molecular formula is C11H16N2O2. The molecule has 3 atom stereocenters. The number of hydrogen-bond donors (Lipinski definition) is 4. The number of aliphatic hydroxyl groups excluding tert-OH is 2. The average molecular weight is 208 g/mol. The highest BCUT2D eigenvalue weighted by atomic mass is 16.3. The molecule has 3 unspecified atom stereocenters. The third kappa shape index (κ3) is 1.71. The van der Waals surface area contributed by atoms with E-state index < -0.39 is 6.10 Å². The van der Waals surface area contributed by atoms with E-state index in [0.29, 0.717) is 0 Å². The van der Waals surface area contributed by atoms with Gasteiger partial charge in [0.05, 0.1) is 18.8 Å². The largest absolute Gasteiger partial charge is 0.392 e. The Bertz CT molecular complexity index is 333. The van der Waals surface area contributed by atoms with Crippen LogP contribution in [0, 0.1) is 5.92 Å². The van der Waals surface area contributed by atoms with Crippen LogP contribution in [-0.4, -0.2) is 35.5 Å². The van der Waals surface area contributed by atoms with Crippen LogP contribution in [0.2, 0.25) is 0 Å². The summed E-state index contributed by atoms with van der Waals surface area (Å²) < 4.78 is 0. The molecule has 15 heavy (non-hydrogen) atoms. The third-order valence-electron chi connectivity index (χ3n) is 2.98. The Labute approximate surface area is 88.8 Å². The van der Waals surface area contributed by atoms with Crippen molar-refractivity contribution in [1.82, 2.24) is 5.32 Å². The van der Waals surface area contributed by atoms with Gasteiger partial charge in [0.1, 0.15) is 0 Å². The molecule has 0 saturated heterocycles. The summed E-state index contributed by atoms with van der Waals surface area (Å²) in [5.74, 6) is 0.0542. The molecule has 2 rings (SSSR count). The Morgan fingerprint density at radius 2 is 2.33 bits per heavy atom. The Balaban J connectivity index is 2.26. The van der Waals surface area contributed by atoms with Crippen LogP contribution in [0.25, 0.3) is 0 Å². The first-order chi connectivity index (χ1) is 7.27. The fraction of sp³-hybridized carbons (Fsp3) is 0.455. The molecule has 2 aliphatic rings. The fourth-order valence-electron chi connectivity index (χ4n) is 2.20. The van der Waals surface area contributed by atoms with Gasteiger partial charge >= 0.3 is 0 Å². The molecule has 0 spiro atoms. The van der Waals surface area contributed by atoms with E-state index in [1.54, 1.807) is 0 Å². The highest BCUT2D eigenvalue weighted by Crippen LogP contribution is 2.33. The zero-order valence-corrected chi connectivity index (χ0v) is 8.43. The predicted molar refractivity (Wildman–Crippen MR) is 57.9 cm³/mol. The van der Waals surface area contributed by atoms with Crippen molar-refractivity contribution in [2.24, 2.45) is 11.7 Å². The van der Waals surface area contributed by atoms with Gasteiger partial charge in [0.25, 0.3) is 0 Å². The monoisotopic (exact) mass is 208 g/mol. The van der Waals surface area contributed by atoms with Gasteiger partial charge in [-0.3, -0.25) is 0 Å². The summed E-state index contributed by atoms with van der Waals surface area (Å²) in [6.07, 6.45) is 7.02. The van der Waals surface area contributed by atoms with Crippen LogP contribution in [0.1, 0.15) is 0 Å². The van der Waals surface area contributed by atoms with Crippen LogP contribution in [-0.2, 0) is 0 Å². The van der Waals surface area contributed by atoms with Gasteiger partial charge in [0.2, 0.25) is 0 Å². The van der Waals surface area contributed by atoms with Crippen LogP contribution in [0.5, 0.6) is 0 Å². The maximum absolute atomic E-state index is 9.78. The lowest BCUT2D eigenvalue weighted by Crippen LogP contribution is -2.35. The van der Waals surface area contributed by atoms with Gasteiger partial charge in [-0.1, -0.05) is 18.2 Å². The van der Waals surface area contributed by atoms with Crippen molar-refractivity contribution in [3.05, 3.63) is 35.6 Å². The lowest BCUT2D eigenvalue weighted by atomic mass is 9.81. The van der Waals surface area contributed by atoms with Gasteiger partial charge in [-0.15, -0.1) is 0 Å². The molecule has 0 aromatic heterocycles. The molecule has 0 radical (unpaired) electrons.